The number of likely N-dealkylation sites (N-methyl/N-ethyl adjacent to an activating group) is 1. The first-order valence-corrected chi connectivity index (χ1v) is 9.09. The average molecular weight is 338 g/mol. The molecule has 5 nitrogen and oxygen atoms in total. The van der Waals surface area contributed by atoms with Crippen molar-refractivity contribution in [2.75, 3.05) is 33.7 Å². The molecule has 1 saturated heterocycles. The Labute approximate surface area is 148 Å². The fraction of sp³-hybridized carbons (Fsp3) is 0.500. The first kappa shape index (κ1) is 16.5. The van der Waals surface area contributed by atoms with E-state index in [9.17, 15) is 4.79 Å². The van der Waals surface area contributed by atoms with Crippen molar-refractivity contribution < 1.29 is 0 Å². The molecule has 3 atom stereocenters. The average Bonchev–Trinajstić information content (AvgIpc) is 2.59. The minimum Gasteiger partial charge on any atom is -0.308 e. The molecule has 0 saturated carbocycles. The molecular formula is C20H26N4O. The summed E-state index contributed by atoms with van der Waals surface area (Å²) in [5, 5.41) is 0. The van der Waals surface area contributed by atoms with Gasteiger partial charge in [-0.1, -0.05) is 6.07 Å². The number of piperidine rings is 1. The molecule has 0 amide bonds. The molecule has 1 fully saturated rings. The molecule has 0 radical (unpaired) electrons. The van der Waals surface area contributed by atoms with Gasteiger partial charge in [0.2, 0.25) is 0 Å². The zero-order chi connectivity index (χ0) is 17.4. The third kappa shape index (κ3) is 3.26. The summed E-state index contributed by atoms with van der Waals surface area (Å²) in [6.45, 7) is 3.95. The summed E-state index contributed by atoms with van der Waals surface area (Å²) in [6.07, 6.45) is 4.92. The minimum atomic E-state index is 0.154. The smallest absolute Gasteiger partial charge is 0.251 e. The molecule has 0 unspecified atom stereocenters. The van der Waals surface area contributed by atoms with Gasteiger partial charge < -0.3 is 9.47 Å². The van der Waals surface area contributed by atoms with Crippen molar-refractivity contribution in [2.24, 2.45) is 5.92 Å². The van der Waals surface area contributed by atoms with Crippen LogP contribution in [-0.4, -0.2) is 53.1 Å². The van der Waals surface area contributed by atoms with Gasteiger partial charge in [0, 0.05) is 56.3 Å². The predicted molar refractivity (Wildman–Crippen MR) is 98.7 cm³/mol. The second kappa shape index (κ2) is 6.73. The van der Waals surface area contributed by atoms with Gasteiger partial charge in [-0.15, -0.1) is 0 Å². The predicted octanol–water partition coefficient (Wildman–Crippen LogP) is 1.97. The number of aromatic nitrogens is 2. The van der Waals surface area contributed by atoms with Gasteiger partial charge in [-0.3, -0.25) is 14.7 Å². The molecule has 25 heavy (non-hydrogen) atoms. The molecule has 2 aliphatic rings. The van der Waals surface area contributed by atoms with E-state index in [4.69, 9.17) is 0 Å². The molecule has 0 spiro atoms. The SMILES string of the molecule is CN(C)C[C@H]1[C@H]2C[C@H](CN(Cc3ccncc3)C2)c2cccc(=O)n21. The van der Waals surface area contributed by atoms with Crippen molar-refractivity contribution in [3.63, 3.8) is 0 Å². The molecule has 2 aromatic heterocycles. The minimum absolute atomic E-state index is 0.154. The van der Waals surface area contributed by atoms with Crippen molar-refractivity contribution in [3.05, 3.63) is 64.3 Å². The van der Waals surface area contributed by atoms with Gasteiger partial charge in [0.15, 0.2) is 0 Å². The van der Waals surface area contributed by atoms with Crippen LogP contribution in [0.25, 0.3) is 0 Å². The van der Waals surface area contributed by atoms with E-state index in [1.165, 1.54) is 17.7 Å². The van der Waals surface area contributed by atoms with Gasteiger partial charge in [0.25, 0.3) is 5.56 Å². The number of pyridine rings is 2. The van der Waals surface area contributed by atoms with Crippen molar-refractivity contribution in [3.8, 4) is 0 Å². The lowest BCUT2D eigenvalue weighted by atomic mass is 9.78. The molecule has 2 bridgehead atoms. The molecule has 0 aliphatic carbocycles. The highest BCUT2D eigenvalue weighted by atomic mass is 16.1. The Bertz CT molecular complexity index is 786. The van der Waals surface area contributed by atoms with Crippen LogP contribution < -0.4 is 5.56 Å². The fourth-order valence-electron chi connectivity index (χ4n) is 4.62. The quantitative estimate of drug-likeness (QED) is 0.855. The lowest BCUT2D eigenvalue weighted by molar-refractivity contribution is 0.0743. The molecule has 4 rings (SSSR count). The van der Waals surface area contributed by atoms with E-state index in [1.807, 2.05) is 18.5 Å². The third-order valence-corrected chi connectivity index (χ3v) is 5.58. The van der Waals surface area contributed by atoms with E-state index in [2.05, 4.69) is 51.6 Å². The van der Waals surface area contributed by atoms with Gasteiger partial charge >= 0.3 is 0 Å². The van der Waals surface area contributed by atoms with E-state index >= 15 is 0 Å². The molecule has 4 heterocycles. The summed E-state index contributed by atoms with van der Waals surface area (Å²) in [7, 11) is 4.19. The highest BCUT2D eigenvalue weighted by Gasteiger charge is 2.40. The summed E-state index contributed by atoms with van der Waals surface area (Å²) in [5.74, 6) is 0.975. The molecule has 5 heteroatoms. The van der Waals surface area contributed by atoms with E-state index < -0.39 is 0 Å². The standard InChI is InChI=1S/C20H26N4O/c1-22(2)14-19-17-10-16(18-4-3-5-20(25)24(18)19)12-23(13-17)11-15-6-8-21-9-7-15/h3-9,16-17,19H,10-14H2,1-2H3/t16-,17+,19+/m1/s1. The van der Waals surface area contributed by atoms with Gasteiger partial charge in [0.1, 0.15) is 0 Å². The van der Waals surface area contributed by atoms with Crippen LogP contribution in [0.15, 0.2) is 47.5 Å². The number of fused-ring (bicyclic) bond motifs is 4. The fourth-order valence-corrected chi connectivity index (χ4v) is 4.62. The highest BCUT2D eigenvalue weighted by Crippen LogP contribution is 2.41. The normalized spacial score (nSPS) is 25.8. The Kier molecular flexibility index (Phi) is 4.44. The summed E-state index contributed by atoms with van der Waals surface area (Å²) in [6, 6.07) is 10.2. The summed E-state index contributed by atoms with van der Waals surface area (Å²) < 4.78 is 2.09. The largest absolute Gasteiger partial charge is 0.308 e. The van der Waals surface area contributed by atoms with Crippen LogP contribution in [0.2, 0.25) is 0 Å². The Morgan fingerprint density at radius 3 is 2.72 bits per heavy atom. The summed E-state index contributed by atoms with van der Waals surface area (Å²) in [5.41, 5.74) is 2.68. The van der Waals surface area contributed by atoms with Crippen molar-refractivity contribution in [2.45, 2.75) is 24.9 Å². The molecule has 2 aliphatic heterocycles. The highest BCUT2D eigenvalue weighted by molar-refractivity contribution is 5.20. The maximum absolute atomic E-state index is 12.6. The zero-order valence-corrected chi connectivity index (χ0v) is 15.0. The van der Waals surface area contributed by atoms with E-state index in [0.717, 1.165) is 26.2 Å². The molecule has 2 aromatic rings. The Morgan fingerprint density at radius 2 is 1.96 bits per heavy atom. The van der Waals surface area contributed by atoms with Crippen LogP contribution in [0.4, 0.5) is 0 Å². The van der Waals surface area contributed by atoms with Crippen LogP contribution in [0.1, 0.15) is 29.6 Å². The first-order valence-electron chi connectivity index (χ1n) is 9.09. The molecular weight excluding hydrogens is 312 g/mol. The van der Waals surface area contributed by atoms with Crippen LogP contribution in [0, 0.1) is 5.92 Å². The Morgan fingerprint density at radius 1 is 1.16 bits per heavy atom. The maximum Gasteiger partial charge on any atom is 0.251 e. The van der Waals surface area contributed by atoms with Gasteiger partial charge in [0.05, 0.1) is 6.04 Å². The number of hydrogen-bond acceptors (Lipinski definition) is 4. The zero-order valence-electron chi connectivity index (χ0n) is 15.0. The van der Waals surface area contributed by atoms with Crippen LogP contribution >= 0.6 is 0 Å². The lowest BCUT2D eigenvalue weighted by Crippen LogP contribution is -2.51. The van der Waals surface area contributed by atoms with E-state index in [-0.39, 0.29) is 11.6 Å². The number of hydrogen-bond donors (Lipinski definition) is 0. The summed E-state index contributed by atoms with van der Waals surface area (Å²) in [4.78, 5) is 21.5. The molecule has 132 valence electrons. The topological polar surface area (TPSA) is 41.4 Å². The second-order valence-corrected chi connectivity index (χ2v) is 7.73. The molecule has 0 N–H and O–H groups in total. The van der Waals surface area contributed by atoms with Crippen molar-refractivity contribution in [1.29, 1.82) is 0 Å². The van der Waals surface area contributed by atoms with Gasteiger partial charge in [-0.05, 0) is 50.2 Å². The Balaban J connectivity index is 1.65. The number of nitrogens with zero attached hydrogens (tertiary/aromatic N) is 4. The second-order valence-electron chi connectivity index (χ2n) is 7.73. The number of rotatable bonds is 4. The van der Waals surface area contributed by atoms with E-state index in [0.29, 0.717) is 11.8 Å². The maximum atomic E-state index is 12.6. The summed E-state index contributed by atoms with van der Waals surface area (Å²) >= 11 is 0. The van der Waals surface area contributed by atoms with Gasteiger partial charge in [-0.25, -0.2) is 0 Å². The van der Waals surface area contributed by atoms with Gasteiger partial charge in [-0.2, -0.15) is 0 Å². The van der Waals surface area contributed by atoms with Crippen LogP contribution in [-0.2, 0) is 6.54 Å². The third-order valence-electron chi connectivity index (χ3n) is 5.58. The first-order chi connectivity index (χ1) is 12.1. The van der Waals surface area contributed by atoms with Crippen molar-refractivity contribution in [1.82, 2.24) is 19.4 Å². The van der Waals surface area contributed by atoms with E-state index in [1.54, 1.807) is 6.07 Å². The number of likely N-dealkylation sites (tertiary alicyclic amines) is 1. The Hall–Kier alpha value is -1.98. The monoisotopic (exact) mass is 338 g/mol. The van der Waals surface area contributed by atoms with Crippen LogP contribution in [0.3, 0.4) is 0 Å². The van der Waals surface area contributed by atoms with Crippen LogP contribution in [0.5, 0.6) is 0 Å². The van der Waals surface area contributed by atoms with Crippen molar-refractivity contribution >= 4 is 0 Å². The lowest BCUT2D eigenvalue weighted by Gasteiger charge is -2.47. The molecule has 0 aromatic carbocycles.